The third kappa shape index (κ3) is 3.53. The van der Waals surface area contributed by atoms with Gasteiger partial charge >= 0.3 is 0 Å². The van der Waals surface area contributed by atoms with Crippen LogP contribution < -0.4 is 5.43 Å². The average Bonchev–Trinajstić information content (AvgIpc) is 2.42. The lowest BCUT2D eigenvalue weighted by Crippen LogP contribution is -1.95. The Balaban J connectivity index is 1.96. The largest absolute Gasteiger partial charge is 0.260 e. The van der Waals surface area contributed by atoms with Crippen LogP contribution in [0.4, 0.5) is 5.82 Å². The molecule has 0 unspecified atom stereocenters. The monoisotopic (exact) mass is 260 g/mol. The quantitative estimate of drug-likeness (QED) is 0.679. The number of nitrogens with zero attached hydrogens (tertiary/aromatic N) is 3. The standard InChI is InChI=1S/C13H13ClN4/c1-2-10-3-5-11(6-4-10)9-15-17-13-8-7-12(14)16-18-13/h3-9H,2H2,1H3,(H,17,18). The highest BCUT2D eigenvalue weighted by Gasteiger charge is 1.93. The molecule has 0 radical (unpaired) electrons. The van der Waals surface area contributed by atoms with Gasteiger partial charge in [-0.2, -0.15) is 5.10 Å². The molecule has 0 fully saturated rings. The van der Waals surface area contributed by atoms with Crippen LogP contribution in [-0.2, 0) is 6.42 Å². The summed E-state index contributed by atoms with van der Waals surface area (Å²) in [5.74, 6) is 0.556. The fourth-order valence-electron chi connectivity index (χ4n) is 1.39. The SMILES string of the molecule is CCc1ccc(C=NNc2ccc(Cl)nn2)cc1. The van der Waals surface area contributed by atoms with Crippen molar-refractivity contribution in [3.05, 3.63) is 52.7 Å². The number of halogens is 1. The molecule has 1 aromatic carbocycles. The molecule has 92 valence electrons. The van der Waals surface area contributed by atoms with Crippen LogP contribution in [0.1, 0.15) is 18.1 Å². The number of anilines is 1. The van der Waals surface area contributed by atoms with Gasteiger partial charge in [-0.25, -0.2) is 0 Å². The zero-order valence-corrected chi connectivity index (χ0v) is 10.7. The number of nitrogens with one attached hydrogen (secondary N) is 1. The first-order chi connectivity index (χ1) is 8.78. The molecule has 2 rings (SSSR count). The number of aryl methyl sites for hydroxylation is 1. The second kappa shape index (κ2) is 6.12. The van der Waals surface area contributed by atoms with Crippen molar-refractivity contribution in [2.75, 3.05) is 5.43 Å². The van der Waals surface area contributed by atoms with E-state index in [9.17, 15) is 0 Å². The van der Waals surface area contributed by atoms with Crippen LogP contribution in [0, 0.1) is 0 Å². The van der Waals surface area contributed by atoms with Gasteiger partial charge in [0, 0.05) is 0 Å². The fraction of sp³-hybridized carbons (Fsp3) is 0.154. The fourth-order valence-corrected chi connectivity index (χ4v) is 1.49. The maximum atomic E-state index is 5.63. The molecule has 5 heteroatoms. The Morgan fingerprint density at radius 3 is 2.56 bits per heavy atom. The highest BCUT2D eigenvalue weighted by Crippen LogP contribution is 2.06. The van der Waals surface area contributed by atoms with E-state index in [1.165, 1.54) is 5.56 Å². The molecule has 1 heterocycles. The second-order valence-corrected chi connectivity index (χ2v) is 4.09. The Morgan fingerprint density at radius 1 is 1.17 bits per heavy atom. The van der Waals surface area contributed by atoms with Crippen LogP contribution in [-0.4, -0.2) is 16.4 Å². The highest BCUT2D eigenvalue weighted by atomic mass is 35.5. The normalized spacial score (nSPS) is 10.8. The molecular formula is C13H13ClN4. The van der Waals surface area contributed by atoms with Crippen LogP contribution in [0.2, 0.25) is 5.15 Å². The molecule has 18 heavy (non-hydrogen) atoms. The molecule has 0 amide bonds. The Labute approximate surface area is 111 Å². The van der Waals surface area contributed by atoms with Crippen LogP contribution in [0.15, 0.2) is 41.5 Å². The summed E-state index contributed by atoms with van der Waals surface area (Å²) in [5.41, 5.74) is 5.12. The Bertz CT molecular complexity index is 520. The topological polar surface area (TPSA) is 50.2 Å². The molecule has 1 aromatic heterocycles. The van der Waals surface area contributed by atoms with Crippen LogP contribution in [0.3, 0.4) is 0 Å². The molecule has 0 aliphatic heterocycles. The van der Waals surface area contributed by atoms with Crippen molar-refractivity contribution in [2.45, 2.75) is 13.3 Å². The van der Waals surface area contributed by atoms with E-state index < -0.39 is 0 Å². The van der Waals surface area contributed by atoms with Crippen molar-refractivity contribution in [3.63, 3.8) is 0 Å². The summed E-state index contributed by atoms with van der Waals surface area (Å²) in [7, 11) is 0. The van der Waals surface area contributed by atoms with Gasteiger partial charge in [0.25, 0.3) is 0 Å². The lowest BCUT2D eigenvalue weighted by Gasteiger charge is -1.98. The Hall–Kier alpha value is -1.94. The van der Waals surface area contributed by atoms with E-state index in [1.807, 2.05) is 12.1 Å². The molecule has 0 bridgehead atoms. The van der Waals surface area contributed by atoms with Gasteiger partial charge in [-0.3, -0.25) is 5.43 Å². The summed E-state index contributed by atoms with van der Waals surface area (Å²) >= 11 is 5.63. The first-order valence-electron chi connectivity index (χ1n) is 5.65. The summed E-state index contributed by atoms with van der Waals surface area (Å²) in [5, 5.41) is 12.0. The second-order valence-electron chi connectivity index (χ2n) is 3.71. The number of rotatable bonds is 4. The van der Waals surface area contributed by atoms with Crippen molar-refractivity contribution < 1.29 is 0 Å². The van der Waals surface area contributed by atoms with Crippen LogP contribution in [0.25, 0.3) is 0 Å². The number of hydrogen-bond donors (Lipinski definition) is 1. The predicted molar refractivity (Wildman–Crippen MR) is 74.1 cm³/mol. The van der Waals surface area contributed by atoms with Crippen molar-refractivity contribution >= 4 is 23.6 Å². The summed E-state index contributed by atoms with van der Waals surface area (Å²) < 4.78 is 0. The van der Waals surface area contributed by atoms with Crippen molar-refractivity contribution in [1.29, 1.82) is 0 Å². The van der Waals surface area contributed by atoms with Crippen molar-refractivity contribution in [2.24, 2.45) is 5.10 Å². The van der Waals surface area contributed by atoms with Crippen molar-refractivity contribution in [1.82, 2.24) is 10.2 Å². The number of hydrogen-bond acceptors (Lipinski definition) is 4. The third-order valence-electron chi connectivity index (χ3n) is 2.41. The van der Waals surface area contributed by atoms with Crippen LogP contribution in [0.5, 0.6) is 0 Å². The average molecular weight is 261 g/mol. The van der Waals surface area contributed by atoms with Gasteiger partial charge in [-0.05, 0) is 29.7 Å². The van der Waals surface area contributed by atoms with E-state index in [2.05, 4.69) is 39.8 Å². The third-order valence-corrected chi connectivity index (χ3v) is 2.61. The highest BCUT2D eigenvalue weighted by molar-refractivity contribution is 6.29. The molecule has 1 N–H and O–H groups in total. The smallest absolute Gasteiger partial charge is 0.168 e. The Kier molecular flexibility index (Phi) is 4.25. The van der Waals surface area contributed by atoms with E-state index in [0.29, 0.717) is 11.0 Å². The molecule has 0 aliphatic rings. The minimum atomic E-state index is 0.361. The summed E-state index contributed by atoms with van der Waals surface area (Å²) in [6.07, 6.45) is 2.77. The molecule has 0 aliphatic carbocycles. The molecule has 0 atom stereocenters. The summed E-state index contributed by atoms with van der Waals surface area (Å²) in [6.45, 7) is 2.13. The maximum Gasteiger partial charge on any atom is 0.168 e. The zero-order valence-electron chi connectivity index (χ0n) is 9.97. The first kappa shape index (κ1) is 12.5. The van der Waals surface area contributed by atoms with Gasteiger partial charge in [0.05, 0.1) is 6.21 Å². The zero-order chi connectivity index (χ0) is 12.8. The van der Waals surface area contributed by atoms with E-state index >= 15 is 0 Å². The van der Waals surface area contributed by atoms with E-state index in [1.54, 1.807) is 18.3 Å². The number of hydrazone groups is 1. The molecule has 2 aromatic rings. The van der Waals surface area contributed by atoms with E-state index in [0.717, 1.165) is 12.0 Å². The minimum Gasteiger partial charge on any atom is -0.260 e. The summed E-state index contributed by atoms with van der Waals surface area (Å²) in [6, 6.07) is 11.6. The molecule has 0 saturated heterocycles. The molecule has 4 nitrogen and oxygen atoms in total. The molecular weight excluding hydrogens is 248 g/mol. The Morgan fingerprint density at radius 2 is 1.94 bits per heavy atom. The lowest BCUT2D eigenvalue weighted by atomic mass is 10.1. The number of aromatic nitrogens is 2. The maximum absolute atomic E-state index is 5.63. The van der Waals surface area contributed by atoms with Gasteiger partial charge in [0.2, 0.25) is 0 Å². The molecule has 0 saturated carbocycles. The summed E-state index contributed by atoms with van der Waals surface area (Å²) in [4.78, 5) is 0. The van der Waals surface area contributed by atoms with Gasteiger partial charge in [0.1, 0.15) is 0 Å². The van der Waals surface area contributed by atoms with Crippen LogP contribution >= 0.6 is 11.6 Å². The lowest BCUT2D eigenvalue weighted by molar-refractivity contribution is 1.02. The number of benzene rings is 1. The van der Waals surface area contributed by atoms with Gasteiger partial charge in [0.15, 0.2) is 11.0 Å². The van der Waals surface area contributed by atoms with Gasteiger partial charge in [-0.15, -0.1) is 10.2 Å². The van der Waals surface area contributed by atoms with Gasteiger partial charge in [-0.1, -0.05) is 42.8 Å². The predicted octanol–water partition coefficient (Wildman–Crippen LogP) is 3.14. The van der Waals surface area contributed by atoms with Gasteiger partial charge < -0.3 is 0 Å². The van der Waals surface area contributed by atoms with E-state index in [4.69, 9.17) is 11.6 Å². The molecule has 0 spiro atoms. The first-order valence-corrected chi connectivity index (χ1v) is 6.03. The van der Waals surface area contributed by atoms with Crippen molar-refractivity contribution in [3.8, 4) is 0 Å². The van der Waals surface area contributed by atoms with E-state index in [-0.39, 0.29) is 0 Å². The minimum absolute atomic E-state index is 0.361.